The Morgan fingerprint density at radius 2 is 1.83 bits per heavy atom. The van der Waals surface area contributed by atoms with Gasteiger partial charge in [-0.15, -0.1) is 0 Å². The number of ether oxygens (including phenoxy) is 1. The van der Waals surface area contributed by atoms with Gasteiger partial charge in [0, 0.05) is 12.1 Å². The Balaban J connectivity index is 1.86. The topological polar surface area (TPSA) is 59.6 Å². The number of guanidine groups is 1. The van der Waals surface area contributed by atoms with E-state index in [2.05, 4.69) is 35.4 Å². The molecule has 0 unspecified atom stereocenters. The van der Waals surface area contributed by atoms with Gasteiger partial charge in [0.1, 0.15) is 12.4 Å². The van der Waals surface area contributed by atoms with Gasteiger partial charge in [-0.1, -0.05) is 61.9 Å². The van der Waals surface area contributed by atoms with Gasteiger partial charge in [-0.05, 0) is 18.1 Å². The molecule has 0 aliphatic heterocycles. The number of nitrogens with zero attached hydrogens (tertiary/aromatic N) is 1. The molecule has 4 nitrogen and oxygen atoms in total. The first kappa shape index (κ1) is 16.9. The Bertz CT molecular complexity index is 611. The molecular formula is C19H25N3O. The average molecular weight is 311 g/mol. The van der Waals surface area contributed by atoms with Gasteiger partial charge in [0.25, 0.3) is 0 Å². The number of benzene rings is 2. The highest BCUT2D eigenvalue weighted by molar-refractivity contribution is 5.77. The second-order valence-electron chi connectivity index (χ2n) is 5.26. The molecule has 0 amide bonds. The molecule has 4 heteroatoms. The predicted octanol–water partition coefficient (Wildman–Crippen LogP) is 3.44. The monoisotopic (exact) mass is 311 g/mol. The second-order valence-corrected chi connectivity index (χ2v) is 5.26. The summed E-state index contributed by atoms with van der Waals surface area (Å²) in [5.74, 6) is 1.36. The first-order valence-corrected chi connectivity index (χ1v) is 8.12. The highest BCUT2D eigenvalue weighted by Crippen LogP contribution is 2.29. The minimum atomic E-state index is 0.485. The minimum absolute atomic E-state index is 0.485. The zero-order chi connectivity index (χ0) is 16.3. The maximum atomic E-state index is 5.89. The van der Waals surface area contributed by atoms with Gasteiger partial charge in [-0.25, -0.2) is 0 Å². The van der Waals surface area contributed by atoms with Crippen LogP contribution in [0.1, 0.15) is 19.8 Å². The van der Waals surface area contributed by atoms with Gasteiger partial charge in [-0.2, -0.15) is 0 Å². The molecule has 2 rings (SSSR count). The number of unbranched alkanes of at least 4 members (excludes halogenated alkanes) is 1. The molecule has 0 heterocycles. The van der Waals surface area contributed by atoms with Crippen LogP contribution in [0.5, 0.6) is 5.75 Å². The SMILES string of the molecule is CCCCN=C(N)NCCOc1ccccc1-c1ccccc1. The zero-order valence-electron chi connectivity index (χ0n) is 13.7. The van der Waals surface area contributed by atoms with E-state index < -0.39 is 0 Å². The summed E-state index contributed by atoms with van der Waals surface area (Å²) in [5, 5.41) is 3.07. The van der Waals surface area contributed by atoms with Crippen LogP contribution in [-0.4, -0.2) is 25.7 Å². The molecule has 0 atom stereocenters. The molecule has 2 aromatic carbocycles. The van der Waals surface area contributed by atoms with Crippen LogP contribution >= 0.6 is 0 Å². The van der Waals surface area contributed by atoms with Gasteiger partial charge in [0.15, 0.2) is 5.96 Å². The van der Waals surface area contributed by atoms with E-state index in [0.717, 1.165) is 36.3 Å². The van der Waals surface area contributed by atoms with E-state index in [1.807, 2.05) is 36.4 Å². The standard InChI is InChI=1S/C19H25N3O/c1-2-3-13-21-19(20)22-14-15-23-18-12-8-7-11-17(18)16-9-5-4-6-10-16/h4-12H,2-3,13-15H2,1H3,(H3,20,21,22). The molecule has 0 aliphatic rings. The van der Waals surface area contributed by atoms with Gasteiger partial charge in [0.05, 0.1) is 6.54 Å². The van der Waals surface area contributed by atoms with Crippen LogP contribution in [0.3, 0.4) is 0 Å². The predicted molar refractivity (Wildman–Crippen MR) is 96.8 cm³/mol. The highest BCUT2D eigenvalue weighted by atomic mass is 16.5. The van der Waals surface area contributed by atoms with E-state index in [9.17, 15) is 0 Å². The summed E-state index contributed by atoms with van der Waals surface area (Å²) in [6.45, 7) is 4.07. The molecule has 0 spiro atoms. The quantitative estimate of drug-likeness (QED) is 0.446. The number of para-hydroxylation sites is 1. The summed E-state index contributed by atoms with van der Waals surface area (Å²) in [5.41, 5.74) is 8.04. The largest absolute Gasteiger partial charge is 0.491 e. The van der Waals surface area contributed by atoms with Crippen LogP contribution in [0.25, 0.3) is 11.1 Å². The fourth-order valence-corrected chi connectivity index (χ4v) is 2.20. The molecule has 0 aromatic heterocycles. The summed E-state index contributed by atoms with van der Waals surface area (Å²) in [4.78, 5) is 4.25. The van der Waals surface area contributed by atoms with Gasteiger partial charge >= 0.3 is 0 Å². The van der Waals surface area contributed by atoms with Crippen LogP contribution in [-0.2, 0) is 0 Å². The zero-order valence-corrected chi connectivity index (χ0v) is 13.7. The molecule has 0 fully saturated rings. The van der Waals surface area contributed by atoms with E-state index in [-0.39, 0.29) is 0 Å². The lowest BCUT2D eigenvalue weighted by atomic mass is 10.1. The maximum absolute atomic E-state index is 5.89. The number of hydrogen-bond donors (Lipinski definition) is 2. The number of nitrogens with two attached hydrogens (primary N) is 1. The number of rotatable bonds is 8. The Hall–Kier alpha value is -2.49. The van der Waals surface area contributed by atoms with Crippen molar-refractivity contribution < 1.29 is 4.74 Å². The van der Waals surface area contributed by atoms with Crippen molar-refractivity contribution in [2.24, 2.45) is 10.7 Å². The van der Waals surface area contributed by atoms with Crippen molar-refractivity contribution in [1.82, 2.24) is 5.32 Å². The smallest absolute Gasteiger partial charge is 0.188 e. The lowest BCUT2D eigenvalue weighted by molar-refractivity contribution is 0.323. The van der Waals surface area contributed by atoms with Crippen molar-refractivity contribution in [3.05, 3.63) is 54.6 Å². The molecule has 0 radical (unpaired) electrons. The first-order chi connectivity index (χ1) is 11.3. The lowest BCUT2D eigenvalue weighted by Crippen LogP contribution is -2.34. The van der Waals surface area contributed by atoms with E-state index in [1.54, 1.807) is 0 Å². The number of hydrogen-bond acceptors (Lipinski definition) is 2. The third-order valence-corrected chi connectivity index (χ3v) is 3.43. The van der Waals surface area contributed by atoms with Gasteiger partial charge < -0.3 is 15.8 Å². The Morgan fingerprint density at radius 1 is 1.09 bits per heavy atom. The van der Waals surface area contributed by atoms with Crippen LogP contribution in [0, 0.1) is 0 Å². The van der Waals surface area contributed by atoms with E-state index in [4.69, 9.17) is 10.5 Å². The number of aliphatic imine (C=N–C) groups is 1. The minimum Gasteiger partial charge on any atom is -0.491 e. The molecular weight excluding hydrogens is 286 g/mol. The molecule has 0 bridgehead atoms. The summed E-state index contributed by atoms with van der Waals surface area (Å²) in [6.07, 6.45) is 2.18. The Labute approximate surface area is 138 Å². The van der Waals surface area contributed by atoms with Crippen LogP contribution in [0.15, 0.2) is 59.6 Å². The van der Waals surface area contributed by atoms with Crippen molar-refractivity contribution in [3.8, 4) is 16.9 Å². The first-order valence-electron chi connectivity index (χ1n) is 8.12. The van der Waals surface area contributed by atoms with Crippen molar-refractivity contribution in [2.45, 2.75) is 19.8 Å². The highest BCUT2D eigenvalue weighted by Gasteiger charge is 2.04. The fourth-order valence-electron chi connectivity index (χ4n) is 2.20. The Kier molecular flexibility index (Phi) is 6.98. The molecule has 2 aromatic rings. The third kappa shape index (κ3) is 5.66. The second kappa shape index (κ2) is 9.51. The molecule has 0 saturated carbocycles. The summed E-state index contributed by atoms with van der Waals surface area (Å²) in [6, 6.07) is 18.3. The third-order valence-electron chi connectivity index (χ3n) is 3.43. The maximum Gasteiger partial charge on any atom is 0.188 e. The van der Waals surface area contributed by atoms with E-state index in [1.165, 1.54) is 0 Å². The molecule has 3 N–H and O–H groups in total. The molecule has 122 valence electrons. The summed E-state index contributed by atoms with van der Waals surface area (Å²) < 4.78 is 5.89. The van der Waals surface area contributed by atoms with Crippen molar-refractivity contribution in [3.63, 3.8) is 0 Å². The van der Waals surface area contributed by atoms with Crippen molar-refractivity contribution in [2.75, 3.05) is 19.7 Å². The molecule has 0 aliphatic carbocycles. The van der Waals surface area contributed by atoms with E-state index in [0.29, 0.717) is 19.1 Å². The van der Waals surface area contributed by atoms with Crippen LogP contribution < -0.4 is 15.8 Å². The molecule has 23 heavy (non-hydrogen) atoms. The average Bonchev–Trinajstić information content (AvgIpc) is 2.60. The summed E-state index contributed by atoms with van der Waals surface area (Å²) >= 11 is 0. The fraction of sp³-hybridized carbons (Fsp3) is 0.316. The normalized spacial score (nSPS) is 11.3. The van der Waals surface area contributed by atoms with Crippen LogP contribution in [0.2, 0.25) is 0 Å². The van der Waals surface area contributed by atoms with Crippen molar-refractivity contribution in [1.29, 1.82) is 0 Å². The van der Waals surface area contributed by atoms with Crippen molar-refractivity contribution >= 4 is 5.96 Å². The number of nitrogens with one attached hydrogen (secondary N) is 1. The Morgan fingerprint density at radius 3 is 2.61 bits per heavy atom. The lowest BCUT2D eigenvalue weighted by Gasteiger charge is -2.12. The van der Waals surface area contributed by atoms with E-state index >= 15 is 0 Å². The summed E-state index contributed by atoms with van der Waals surface area (Å²) in [7, 11) is 0. The van der Waals surface area contributed by atoms with Gasteiger partial charge in [0.2, 0.25) is 0 Å². The van der Waals surface area contributed by atoms with Gasteiger partial charge in [-0.3, -0.25) is 4.99 Å². The molecule has 0 saturated heterocycles. The van der Waals surface area contributed by atoms with Crippen LogP contribution in [0.4, 0.5) is 0 Å².